The zero-order valence-corrected chi connectivity index (χ0v) is 18.9. The third-order valence-corrected chi connectivity index (χ3v) is 8.75. The van der Waals surface area contributed by atoms with E-state index in [0.717, 1.165) is 11.3 Å². The Labute approximate surface area is 202 Å². The van der Waals surface area contributed by atoms with E-state index in [1.807, 2.05) is 0 Å². The number of thiophene rings is 3. The first-order valence-electron chi connectivity index (χ1n) is 9.03. The molecule has 0 aliphatic heterocycles. The van der Waals surface area contributed by atoms with Crippen LogP contribution in [0.25, 0.3) is 19.5 Å². The lowest BCUT2D eigenvalue weighted by Gasteiger charge is -2.39. The summed E-state index contributed by atoms with van der Waals surface area (Å²) in [5, 5.41) is 1.59. The molecule has 0 unspecified atom stereocenters. The molecule has 1 aliphatic carbocycles. The van der Waals surface area contributed by atoms with Crippen molar-refractivity contribution >= 4 is 39.8 Å². The lowest BCUT2D eigenvalue weighted by Crippen LogP contribution is -2.69. The lowest BCUT2D eigenvalue weighted by atomic mass is 9.93. The molecule has 0 saturated heterocycles. The molecular weight excluding hydrogens is 587 g/mol. The maximum absolute atomic E-state index is 14.4. The molecule has 0 aromatic carbocycles. The number of carbonyl (C=O) groups is 1. The SMILES string of the molecule is O=C1c2ccsc2-c2sc(-c3ccc(C(F)(F)C(F)(F)C(F)(F)C(F)(F)C(F)(F)C(F)(F)F)s3)cc21. The van der Waals surface area contributed by atoms with Crippen molar-refractivity contribution in [2.45, 2.75) is 35.8 Å². The average molecular weight is 592 g/mol. The van der Waals surface area contributed by atoms with Crippen LogP contribution in [0, 0.1) is 0 Å². The maximum Gasteiger partial charge on any atom is 0.460 e. The van der Waals surface area contributed by atoms with Crippen LogP contribution in [0.4, 0.5) is 57.1 Å². The summed E-state index contributed by atoms with van der Waals surface area (Å²) < 4.78 is 174. The average Bonchev–Trinajstić information content (AvgIpc) is 3.51. The van der Waals surface area contributed by atoms with E-state index < -0.39 is 46.4 Å². The predicted molar refractivity (Wildman–Crippen MR) is 104 cm³/mol. The van der Waals surface area contributed by atoms with Gasteiger partial charge < -0.3 is 0 Å². The van der Waals surface area contributed by atoms with Crippen LogP contribution in [0.1, 0.15) is 20.8 Å². The highest BCUT2D eigenvalue weighted by Crippen LogP contribution is 2.63. The number of hydrogen-bond donors (Lipinski definition) is 0. The summed E-state index contributed by atoms with van der Waals surface area (Å²) in [6.45, 7) is 0. The van der Waals surface area contributed by atoms with Crippen molar-refractivity contribution in [3.05, 3.63) is 45.6 Å². The monoisotopic (exact) mass is 592 g/mol. The van der Waals surface area contributed by atoms with Gasteiger partial charge in [-0.15, -0.1) is 34.0 Å². The predicted octanol–water partition coefficient (Wildman–Crippen LogP) is 8.94. The second kappa shape index (κ2) is 7.69. The van der Waals surface area contributed by atoms with Crippen LogP contribution in [0.15, 0.2) is 29.6 Å². The Morgan fingerprint density at radius 1 is 0.583 bits per heavy atom. The molecule has 196 valence electrons. The fourth-order valence-electron chi connectivity index (χ4n) is 3.22. The van der Waals surface area contributed by atoms with E-state index in [0.29, 0.717) is 21.4 Å². The Morgan fingerprint density at radius 3 is 1.75 bits per heavy atom. The molecule has 0 N–H and O–H groups in total. The molecule has 4 rings (SSSR count). The molecule has 0 bridgehead atoms. The standard InChI is InChI=1S/C19H5F13OS3/c20-14(21,15(22,23)16(24,25)17(26,27)18(28,29)19(30,31)32)10-2-1-8(35-10)9-5-7-11(33)6-3-4-34-12(6)13(7)36-9/h1-5H. The number of ketones is 1. The van der Waals surface area contributed by atoms with Crippen molar-refractivity contribution in [2.24, 2.45) is 0 Å². The number of halogens is 13. The van der Waals surface area contributed by atoms with Crippen molar-refractivity contribution in [3.63, 3.8) is 0 Å². The molecule has 0 amide bonds. The molecule has 17 heteroatoms. The lowest BCUT2D eigenvalue weighted by molar-refractivity contribution is -0.441. The Balaban J connectivity index is 1.71. The molecule has 0 saturated carbocycles. The quantitative estimate of drug-likeness (QED) is 0.204. The van der Waals surface area contributed by atoms with E-state index in [-0.39, 0.29) is 32.7 Å². The van der Waals surface area contributed by atoms with Crippen molar-refractivity contribution in [3.8, 4) is 19.5 Å². The van der Waals surface area contributed by atoms with Crippen molar-refractivity contribution in [2.75, 3.05) is 0 Å². The van der Waals surface area contributed by atoms with Gasteiger partial charge in [0, 0.05) is 20.9 Å². The summed E-state index contributed by atoms with van der Waals surface area (Å²) in [4.78, 5) is 11.0. The van der Waals surface area contributed by atoms with Crippen LogP contribution < -0.4 is 0 Å². The fraction of sp³-hybridized carbons (Fsp3) is 0.316. The minimum absolute atomic E-state index is 0.0310. The van der Waals surface area contributed by atoms with E-state index in [9.17, 15) is 61.9 Å². The second-order valence-corrected chi connectivity index (χ2v) is 10.4. The van der Waals surface area contributed by atoms with Crippen LogP contribution >= 0.6 is 34.0 Å². The third-order valence-electron chi connectivity index (χ3n) is 5.18. The summed E-state index contributed by atoms with van der Waals surface area (Å²) in [6.07, 6.45) is -7.46. The van der Waals surface area contributed by atoms with E-state index in [1.54, 1.807) is 5.38 Å². The fourth-order valence-corrected chi connectivity index (χ4v) is 6.54. The molecular formula is C19H5F13OS3. The normalized spacial score (nSPS) is 15.4. The zero-order chi connectivity index (χ0) is 27.3. The molecule has 1 nitrogen and oxygen atoms in total. The Hall–Kier alpha value is -2.14. The second-order valence-electron chi connectivity index (χ2n) is 7.38. The summed E-state index contributed by atoms with van der Waals surface area (Å²) >= 11 is 1.70. The van der Waals surface area contributed by atoms with Gasteiger partial charge in [-0.1, -0.05) is 0 Å². The number of rotatable bonds is 6. The van der Waals surface area contributed by atoms with Crippen molar-refractivity contribution in [1.82, 2.24) is 0 Å². The summed E-state index contributed by atoms with van der Waals surface area (Å²) in [7, 11) is 0. The molecule has 3 aromatic heterocycles. The third kappa shape index (κ3) is 3.30. The molecule has 3 heterocycles. The number of carbonyl (C=O) groups excluding carboxylic acids is 1. The van der Waals surface area contributed by atoms with Crippen LogP contribution in [-0.2, 0) is 5.92 Å². The molecule has 3 aromatic rings. The highest BCUT2D eigenvalue weighted by molar-refractivity contribution is 7.27. The first kappa shape index (κ1) is 26.9. The van der Waals surface area contributed by atoms with Gasteiger partial charge in [-0.25, -0.2) is 0 Å². The number of alkyl halides is 13. The van der Waals surface area contributed by atoms with Gasteiger partial charge in [-0.3, -0.25) is 4.79 Å². The minimum Gasteiger partial charge on any atom is -0.288 e. The number of fused-ring (bicyclic) bond motifs is 3. The van der Waals surface area contributed by atoms with Gasteiger partial charge >= 0.3 is 35.8 Å². The van der Waals surface area contributed by atoms with Gasteiger partial charge in [0.1, 0.15) is 0 Å². The van der Waals surface area contributed by atoms with Crippen LogP contribution in [-0.4, -0.2) is 35.6 Å². The Kier molecular flexibility index (Phi) is 5.75. The summed E-state index contributed by atoms with van der Waals surface area (Å²) in [5.74, 6) is -37.7. The Bertz CT molecular complexity index is 1340. The summed E-state index contributed by atoms with van der Waals surface area (Å²) in [6, 6.07) is 3.55. The Morgan fingerprint density at radius 2 is 1.17 bits per heavy atom. The summed E-state index contributed by atoms with van der Waals surface area (Å²) in [5.41, 5.74) is 0.508. The number of hydrogen-bond acceptors (Lipinski definition) is 4. The molecule has 0 fully saturated rings. The van der Waals surface area contributed by atoms with Crippen molar-refractivity contribution < 1.29 is 61.9 Å². The molecule has 0 atom stereocenters. The largest absolute Gasteiger partial charge is 0.460 e. The van der Waals surface area contributed by atoms with Crippen LogP contribution in [0.2, 0.25) is 0 Å². The van der Waals surface area contributed by atoms with E-state index in [2.05, 4.69) is 0 Å². The van der Waals surface area contributed by atoms with E-state index >= 15 is 0 Å². The highest BCUT2D eigenvalue weighted by atomic mass is 32.1. The highest BCUT2D eigenvalue weighted by Gasteiger charge is 2.91. The van der Waals surface area contributed by atoms with Gasteiger partial charge in [-0.2, -0.15) is 57.1 Å². The molecule has 36 heavy (non-hydrogen) atoms. The van der Waals surface area contributed by atoms with Crippen LogP contribution in [0.5, 0.6) is 0 Å². The van der Waals surface area contributed by atoms with E-state index in [1.165, 1.54) is 23.5 Å². The minimum atomic E-state index is -7.95. The van der Waals surface area contributed by atoms with Gasteiger partial charge in [0.15, 0.2) is 5.78 Å². The van der Waals surface area contributed by atoms with Gasteiger partial charge in [0.25, 0.3) is 0 Å². The first-order valence-corrected chi connectivity index (χ1v) is 11.5. The smallest absolute Gasteiger partial charge is 0.288 e. The van der Waals surface area contributed by atoms with Gasteiger partial charge in [-0.05, 0) is 29.6 Å². The maximum atomic E-state index is 14.4. The first-order chi connectivity index (χ1) is 16.2. The molecule has 1 aliphatic rings. The van der Waals surface area contributed by atoms with Crippen LogP contribution in [0.3, 0.4) is 0 Å². The van der Waals surface area contributed by atoms with Crippen molar-refractivity contribution in [1.29, 1.82) is 0 Å². The van der Waals surface area contributed by atoms with Gasteiger partial charge in [0.2, 0.25) is 0 Å². The zero-order valence-electron chi connectivity index (χ0n) is 16.4. The van der Waals surface area contributed by atoms with Gasteiger partial charge in [0.05, 0.1) is 14.6 Å². The molecule has 0 spiro atoms. The topological polar surface area (TPSA) is 17.1 Å². The molecule has 0 radical (unpaired) electrons. The van der Waals surface area contributed by atoms with E-state index in [4.69, 9.17) is 0 Å².